The SMILES string of the molecule is CN(C)C(=O)c1ccn(-c2nnc(Br)s2)n1. The number of amides is 1. The second-order valence-corrected chi connectivity index (χ2v) is 5.41. The van der Waals surface area contributed by atoms with Crippen LogP contribution in [-0.4, -0.2) is 44.9 Å². The molecule has 0 atom stereocenters. The molecule has 0 spiro atoms. The first-order valence-electron chi connectivity index (χ1n) is 4.34. The van der Waals surface area contributed by atoms with Gasteiger partial charge < -0.3 is 4.90 Å². The lowest BCUT2D eigenvalue weighted by atomic mass is 10.4. The van der Waals surface area contributed by atoms with Crippen molar-refractivity contribution < 1.29 is 4.79 Å². The molecular formula is C8H8BrN5OS. The molecule has 84 valence electrons. The summed E-state index contributed by atoms with van der Waals surface area (Å²) in [6.07, 6.45) is 1.68. The molecule has 0 aromatic carbocycles. The van der Waals surface area contributed by atoms with Gasteiger partial charge in [0.25, 0.3) is 5.91 Å². The van der Waals surface area contributed by atoms with Crippen LogP contribution in [0.2, 0.25) is 0 Å². The van der Waals surface area contributed by atoms with Gasteiger partial charge >= 0.3 is 0 Å². The van der Waals surface area contributed by atoms with Gasteiger partial charge in [0, 0.05) is 20.3 Å². The summed E-state index contributed by atoms with van der Waals surface area (Å²) in [6, 6.07) is 1.65. The number of carbonyl (C=O) groups excluding carboxylic acids is 1. The molecule has 0 aliphatic carbocycles. The molecule has 0 aliphatic rings. The second-order valence-electron chi connectivity index (χ2n) is 3.18. The van der Waals surface area contributed by atoms with Crippen molar-refractivity contribution in [3.05, 3.63) is 21.9 Å². The van der Waals surface area contributed by atoms with E-state index in [4.69, 9.17) is 0 Å². The number of carbonyl (C=O) groups is 1. The Labute approximate surface area is 104 Å². The maximum Gasteiger partial charge on any atom is 0.273 e. The Morgan fingerprint density at radius 2 is 2.25 bits per heavy atom. The fourth-order valence-electron chi connectivity index (χ4n) is 1.06. The highest BCUT2D eigenvalue weighted by Crippen LogP contribution is 2.18. The Hall–Kier alpha value is -1.28. The summed E-state index contributed by atoms with van der Waals surface area (Å²) >= 11 is 4.56. The van der Waals surface area contributed by atoms with E-state index in [-0.39, 0.29) is 5.91 Å². The lowest BCUT2D eigenvalue weighted by molar-refractivity contribution is 0.0821. The average Bonchev–Trinajstić information content (AvgIpc) is 2.84. The van der Waals surface area contributed by atoms with Crippen molar-refractivity contribution in [2.45, 2.75) is 0 Å². The first-order chi connectivity index (χ1) is 7.58. The monoisotopic (exact) mass is 301 g/mol. The molecule has 16 heavy (non-hydrogen) atoms. The Bertz CT molecular complexity index is 520. The van der Waals surface area contributed by atoms with E-state index >= 15 is 0 Å². The highest BCUT2D eigenvalue weighted by atomic mass is 79.9. The molecule has 2 aromatic heterocycles. The molecular weight excluding hydrogens is 294 g/mol. The van der Waals surface area contributed by atoms with E-state index in [1.807, 2.05) is 0 Å². The van der Waals surface area contributed by atoms with E-state index in [9.17, 15) is 4.79 Å². The molecule has 0 saturated heterocycles. The third-order valence-electron chi connectivity index (χ3n) is 1.80. The van der Waals surface area contributed by atoms with Crippen LogP contribution < -0.4 is 0 Å². The molecule has 2 rings (SSSR count). The number of hydrogen-bond acceptors (Lipinski definition) is 5. The molecule has 8 heteroatoms. The molecule has 0 unspecified atom stereocenters. The van der Waals surface area contributed by atoms with Crippen molar-refractivity contribution in [1.29, 1.82) is 0 Å². The van der Waals surface area contributed by atoms with Crippen molar-refractivity contribution in [2.24, 2.45) is 0 Å². The van der Waals surface area contributed by atoms with Gasteiger partial charge in [0.2, 0.25) is 5.13 Å². The van der Waals surface area contributed by atoms with Gasteiger partial charge in [-0.15, -0.1) is 10.2 Å². The smallest absolute Gasteiger partial charge is 0.273 e. The standard InChI is InChI=1S/C8H8BrN5OS/c1-13(2)6(15)5-3-4-14(12-5)8-11-10-7(9)16-8/h3-4H,1-2H3. The van der Waals surface area contributed by atoms with Crippen LogP contribution in [0.1, 0.15) is 10.5 Å². The highest BCUT2D eigenvalue weighted by molar-refractivity contribution is 9.11. The zero-order valence-electron chi connectivity index (χ0n) is 8.59. The minimum atomic E-state index is -0.137. The molecule has 0 bridgehead atoms. The topological polar surface area (TPSA) is 63.9 Å². The van der Waals surface area contributed by atoms with Gasteiger partial charge in [-0.1, -0.05) is 11.3 Å². The van der Waals surface area contributed by atoms with Crippen molar-refractivity contribution >= 4 is 33.2 Å². The molecule has 2 heterocycles. The van der Waals surface area contributed by atoms with Crippen LogP contribution in [-0.2, 0) is 0 Å². The maximum absolute atomic E-state index is 11.6. The Morgan fingerprint density at radius 1 is 1.50 bits per heavy atom. The van der Waals surface area contributed by atoms with Crippen LogP contribution in [0.15, 0.2) is 16.2 Å². The first kappa shape index (κ1) is 11.2. The molecule has 1 amide bonds. The van der Waals surface area contributed by atoms with E-state index in [0.717, 1.165) is 0 Å². The lowest BCUT2D eigenvalue weighted by Gasteiger charge is -2.06. The molecule has 0 aliphatic heterocycles. The first-order valence-corrected chi connectivity index (χ1v) is 5.95. The van der Waals surface area contributed by atoms with E-state index < -0.39 is 0 Å². The van der Waals surface area contributed by atoms with Crippen LogP contribution >= 0.6 is 27.3 Å². The van der Waals surface area contributed by atoms with E-state index in [2.05, 4.69) is 31.2 Å². The van der Waals surface area contributed by atoms with Crippen LogP contribution in [0.3, 0.4) is 0 Å². The third-order valence-corrected chi connectivity index (χ3v) is 3.15. The van der Waals surface area contributed by atoms with Gasteiger partial charge in [-0.2, -0.15) is 5.10 Å². The zero-order valence-corrected chi connectivity index (χ0v) is 11.0. The quantitative estimate of drug-likeness (QED) is 0.836. The summed E-state index contributed by atoms with van der Waals surface area (Å²) in [4.78, 5) is 13.1. The third kappa shape index (κ3) is 2.12. The van der Waals surface area contributed by atoms with Crippen LogP contribution in [0.25, 0.3) is 5.13 Å². The van der Waals surface area contributed by atoms with Gasteiger partial charge in [0.15, 0.2) is 9.61 Å². The number of rotatable bonds is 2. The molecule has 2 aromatic rings. The lowest BCUT2D eigenvalue weighted by Crippen LogP contribution is -2.22. The second kappa shape index (κ2) is 4.30. The number of hydrogen-bond donors (Lipinski definition) is 0. The fourth-order valence-corrected chi connectivity index (χ4v) is 2.09. The van der Waals surface area contributed by atoms with E-state index in [1.54, 1.807) is 26.4 Å². The average molecular weight is 302 g/mol. The Kier molecular flexibility index (Phi) is 3.01. The summed E-state index contributed by atoms with van der Waals surface area (Å²) in [6.45, 7) is 0. The van der Waals surface area contributed by atoms with Crippen molar-refractivity contribution in [1.82, 2.24) is 24.9 Å². The molecule has 0 saturated carbocycles. The number of aromatic nitrogens is 4. The van der Waals surface area contributed by atoms with Gasteiger partial charge in [-0.3, -0.25) is 4.79 Å². The summed E-state index contributed by atoms with van der Waals surface area (Å²) in [7, 11) is 3.37. The Morgan fingerprint density at radius 3 is 2.81 bits per heavy atom. The maximum atomic E-state index is 11.6. The Balaban J connectivity index is 2.29. The van der Waals surface area contributed by atoms with E-state index in [1.165, 1.54) is 20.9 Å². The minimum Gasteiger partial charge on any atom is -0.343 e. The van der Waals surface area contributed by atoms with Gasteiger partial charge in [-0.25, -0.2) is 4.68 Å². The van der Waals surface area contributed by atoms with Crippen molar-refractivity contribution in [3.8, 4) is 5.13 Å². The summed E-state index contributed by atoms with van der Waals surface area (Å²) in [5, 5.41) is 12.5. The van der Waals surface area contributed by atoms with Crippen LogP contribution in [0.4, 0.5) is 0 Å². The highest BCUT2D eigenvalue weighted by Gasteiger charge is 2.13. The van der Waals surface area contributed by atoms with Crippen molar-refractivity contribution in [3.63, 3.8) is 0 Å². The summed E-state index contributed by atoms with van der Waals surface area (Å²) in [5.74, 6) is -0.137. The summed E-state index contributed by atoms with van der Waals surface area (Å²) < 4.78 is 2.21. The van der Waals surface area contributed by atoms with Crippen LogP contribution in [0, 0.1) is 0 Å². The predicted octanol–water partition coefficient (Wildman–Crippen LogP) is 1.19. The fraction of sp³-hybridized carbons (Fsp3) is 0.250. The normalized spacial score (nSPS) is 10.4. The van der Waals surface area contributed by atoms with Crippen molar-refractivity contribution in [2.75, 3.05) is 14.1 Å². The van der Waals surface area contributed by atoms with Gasteiger partial charge in [0.05, 0.1) is 0 Å². The summed E-state index contributed by atoms with van der Waals surface area (Å²) in [5.41, 5.74) is 0.385. The zero-order chi connectivity index (χ0) is 11.7. The molecule has 0 radical (unpaired) electrons. The number of halogens is 1. The van der Waals surface area contributed by atoms with Gasteiger partial charge in [-0.05, 0) is 22.0 Å². The minimum absolute atomic E-state index is 0.137. The molecule has 6 nitrogen and oxygen atoms in total. The van der Waals surface area contributed by atoms with E-state index in [0.29, 0.717) is 14.7 Å². The largest absolute Gasteiger partial charge is 0.343 e. The number of nitrogens with zero attached hydrogens (tertiary/aromatic N) is 5. The molecule has 0 fully saturated rings. The molecule has 0 N–H and O–H groups in total. The van der Waals surface area contributed by atoms with Crippen LogP contribution in [0.5, 0.6) is 0 Å². The van der Waals surface area contributed by atoms with Gasteiger partial charge in [0.1, 0.15) is 0 Å². The predicted molar refractivity (Wildman–Crippen MR) is 62.7 cm³/mol.